The van der Waals surface area contributed by atoms with E-state index in [1.165, 1.54) is 6.07 Å². The SMILES string of the molecule is COc1cc(C)c(Cl)cc1N.Cc1cc(O)c([N+](=O)[O-])cc1Cl. The second kappa shape index (κ2) is 7.89. The fraction of sp³-hybridized carbons (Fsp3) is 0.200. The first-order valence-electron chi connectivity index (χ1n) is 6.40. The van der Waals surface area contributed by atoms with Crippen LogP contribution in [0.2, 0.25) is 10.0 Å². The number of benzene rings is 2. The molecular formula is C15H16Cl2N2O4. The van der Waals surface area contributed by atoms with Gasteiger partial charge in [-0.3, -0.25) is 10.1 Å². The van der Waals surface area contributed by atoms with Gasteiger partial charge >= 0.3 is 5.69 Å². The van der Waals surface area contributed by atoms with Crippen LogP contribution in [0.25, 0.3) is 0 Å². The summed E-state index contributed by atoms with van der Waals surface area (Å²) >= 11 is 11.4. The molecule has 8 heteroatoms. The van der Waals surface area contributed by atoms with E-state index in [2.05, 4.69) is 0 Å². The highest BCUT2D eigenvalue weighted by Gasteiger charge is 2.14. The van der Waals surface area contributed by atoms with Crippen LogP contribution in [0, 0.1) is 24.0 Å². The molecule has 0 bridgehead atoms. The van der Waals surface area contributed by atoms with Gasteiger partial charge in [-0.15, -0.1) is 0 Å². The number of halogens is 2. The summed E-state index contributed by atoms with van der Waals surface area (Å²) in [6.07, 6.45) is 0. The van der Waals surface area contributed by atoms with Gasteiger partial charge in [0.25, 0.3) is 0 Å². The maximum absolute atomic E-state index is 10.3. The number of phenolic OH excluding ortho intramolecular Hbond substituents is 1. The molecule has 6 nitrogen and oxygen atoms in total. The smallest absolute Gasteiger partial charge is 0.312 e. The Kier molecular flexibility index (Phi) is 6.48. The Morgan fingerprint density at radius 3 is 2.17 bits per heavy atom. The fourth-order valence-corrected chi connectivity index (χ4v) is 1.98. The number of methoxy groups -OCH3 is 1. The number of anilines is 1. The largest absolute Gasteiger partial charge is 0.502 e. The molecule has 2 aromatic carbocycles. The number of aryl methyl sites for hydroxylation is 2. The van der Waals surface area contributed by atoms with Crippen molar-refractivity contribution in [2.45, 2.75) is 13.8 Å². The van der Waals surface area contributed by atoms with Gasteiger partial charge in [-0.05, 0) is 43.2 Å². The first-order valence-corrected chi connectivity index (χ1v) is 7.16. The standard InChI is InChI=1S/C8H10ClNO.C7H6ClNO3/c1-5-3-8(11-2)7(10)4-6(5)9;1-4-2-7(10)6(9(11)12)3-5(4)8/h3-4H,10H2,1-2H3;2-3,10H,1H3. The number of nitrogen functional groups attached to an aromatic ring is 1. The lowest BCUT2D eigenvalue weighted by Gasteiger charge is -2.05. The Morgan fingerprint density at radius 2 is 1.65 bits per heavy atom. The first kappa shape index (κ1) is 18.9. The van der Waals surface area contributed by atoms with Crippen molar-refractivity contribution >= 4 is 34.6 Å². The first-order chi connectivity index (χ1) is 10.7. The average Bonchev–Trinajstić information content (AvgIpc) is 2.47. The fourth-order valence-electron chi connectivity index (χ4n) is 1.65. The summed E-state index contributed by atoms with van der Waals surface area (Å²) < 4.78 is 5.00. The number of hydrogen-bond donors (Lipinski definition) is 2. The van der Waals surface area contributed by atoms with Crippen LogP contribution in [0.5, 0.6) is 11.5 Å². The number of nitrogens with two attached hydrogens (primary N) is 1. The molecule has 0 aliphatic rings. The maximum atomic E-state index is 10.3. The molecule has 0 spiro atoms. The van der Waals surface area contributed by atoms with Crippen molar-refractivity contribution in [3.8, 4) is 11.5 Å². The number of nitrogens with zero attached hydrogens (tertiary/aromatic N) is 1. The molecule has 23 heavy (non-hydrogen) atoms. The van der Waals surface area contributed by atoms with Crippen molar-refractivity contribution in [1.29, 1.82) is 0 Å². The predicted octanol–water partition coefficient (Wildman–Crippen LogP) is 4.50. The number of rotatable bonds is 2. The van der Waals surface area contributed by atoms with Crippen molar-refractivity contribution in [1.82, 2.24) is 0 Å². The third kappa shape index (κ3) is 4.91. The normalized spacial score (nSPS) is 9.78. The Balaban J connectivity index is 0.000000231. The van der Waals surface area contributed by atoms with Crippen LogP contribution in [0.3, 0.4) is 0 Å². The highest BCUT2D eigenvalue weighted by molar-refractivity contribution is 6.32. The Hall–Kier alpha value is -2.18. The number of hydrogen-bond acceptors (Lipinski definition) is 5. The van der Waals surface area contributed by atoms with Gasteiger partial charge in [-0.2, -0.15) is 0 Å². The maximum Gasteiger partial charge on any atom is 0.312 e. The van der Waals surface area contributed by atoms with E-state index in [0.717, 1.165) is 11.6 Å². The molecule has 2 aromatic rings. The monoisotopic (exact) mass is 358 g/mol. The van der Waals surface area contributed by atoms with E-state index < -0.39 is 4.92 Å². The Labute approximate surface area is 143 Å². The molecule has 3 N–H and O–H groups in total. The van der Waals surface area contributed by atoms with Gasteiger partial charge in [0, 0.05) is 11.1 Å². The van der Waals surface area contributed by atoms with Crippen LogP contribution < -0.4 is 10.5 Å². The molecule has 0 aromatic heterocycles. The summed E-state index contributed by atoms with van der Waals surface area (Å²) in [4.78, 5) is 9.59. The summed E-state index contributed by atoms with van der Waals surface area (Å²) in [6, 6.07) is 5.90. The van der Waals surface area contributed by atoms with Crippen LogP contribution in [0.1, 0.15) is 11.1 Å². The van der Waals surface area contributed by atoms with E-state index in [9.17, 15) is 10.1 Å². The zero-order valence-electron chi connectivity index (χ0n) is 12.8. The third-order valence-electron chi connectivity index (χ3n) is 2.96. The van der Waals surface area contributed by atoms with Crippen LogP contribution in [0.4, 0.5) is 11.4 Å². The molecule has 0 fully saturated rings. The van der Waals surface area contributed by atoms with E-state index in [1.54, 1.807) is 20.1 Å². The van der Waals surface area contributed by atoms with Crippen molar-refractivity contribution in [3.05, 3.63) is 55.6 Å². The number of nitro benzene ring substituents is 1. The van der Waals surface area contributed by atoms with Gasteiger partial charge in [-0.1, -0.05) is 23.2 Å². The predicted molar refractivity (Wildman–Crippen MR) is 91.7 cm³/mol. The Bertz CT molecular complexity index is 736. The molecule has 0 atom stereocenters. The van der Waals surface area contributed by atoms with Gasteiger partial charge in [0.1, 0.15) is 5.75 Å². The molecule has 0 unspecified atom stereocenters. The number of ether oxygens (including phenoxy) is 1. The Morgan fingerprint density at radius 1 is 1.13 bits per heavy atom. The zero-order chi connectivity index (χ0) is 17.7. The molecule has 0 aliphatic heterocycles. The van der Waals surface area contributed by atoms with Gasteiger partial charge < -0.3 is 15.6 Å². The lowest BCUT2D eigenvalue weighted by molar-refractivity contribution is -0.385. The lowest BCUT2D eigenvalue weighted by Crippen LogP contribution is -1.92. The molecule has 2 rings (SSSR count). The average molecular weight is 359 g/mol. The van der Waals surface area contributed by atoms with Crippen molar-refractivity contribution in [3.63, 3.8) is 0 Å². The molecule has 124 valence electrons. The van der Waals surface area contributed by atoms with Crippen molar-refractivity contribution in [2.75, 3.05) is 12.8 Å². The summed E-state index contributed by atoms with van der Waals surface area (Å²) in [7, 11) is 1.58. The molecular weight excluding hydrogens is 343 g/mol. The number of nitro groups is 1. The van der Waals surface area contributed by atoms with E-state index in [-0.39, 0.29) is 16.5 Å². The molecule has 0 saturated heterocycles. The van der Waals surface area contributed by atoms with E-state index in [1.807, 2.05) is 13.0 Å². The minimum Gasteiger partial charge on any atom is -0.502 e. The highest BCUT2D eigenvalue weighted by atomic mass is 35.5. The molecule has 0 heterocycles. The lowest BCUT2D eigenvalue weighted by atomic mass is 10.2. The van der Waals surface area contributed by atoms with Crippen LogP contribution in [-0.2, 0) is 0 Å². The van der Waals surface area contributed by atoms with Crippen molar-refractivity contribution in [2.24, 2.45) is 0 Å². The molecule has 0 saturated carbocycles. The summed E-state index contributed by atoms with van der Waals surface area (Å²) in [5.74, 6) is 0.314. The second-order valence-electron chi connectivity index (χ2n) is 4.69. The third-order valence-corrected chi connectivity index (χ3v) is 3.78. The molecule has 0 radical (unpaired) electrons. The van der Waals surface area contributed by atoms with Crippen LogP contribution in [0.15, 0.2) is 24.3 Å². The van der Waals surface area contributed by atoms with Gasteiger partial charge in [0.15, 0.2) is 5.75 Å². The second-order valence-corrected chi connectivity index (χ2v) is 5.50. The summed E-state index contributed by atoms with van der Waals surface area (Å²) in [5, 5.41) is 20.3. The van der Waals surface area contributed by atoms with Crippen molar-refractivity contribution < 1.29 is 14.8 Å². The minimum atomic E-state index is -0.680. The van der Waals surface area contributed by atoms with E-state index >= 15 is 0 Å². The van der Waals surface area contributed by atoms with E-state index in [4.69, 9.17) is 38.8 Å². The topological polar surface area (TPSA) is 98.6 Å². The van der Waals surface area contributed by atoms with Gasteiger partial charge in [0.2, 0.25) is 0 Å². The van der Waals surface area contributed by atoms with Gasteiger partial charge in [0.05, 0.1) is 22.7 Å². The van der Waals surface area contributed by atoms with Crippen LogP contribution >= 0.6 is 23.2 Å². The van der Waals surface area contributed by atoms with E-state index in [0.29, 0.717) is 22.0 Å². The van der Waals surface area contributed by atoms with Crippen LogP contribution in [-0.4, -0.2) is 17.1 Å². The summed E-state index contributed by atoms with van der Waals surface area (Å²) in [6.45, 7) is 3.57. The minimum absolute atomic E-state index is 0.277. The highest BCUT2D eigenvalue weighted by Crippen LogP contribution is 2.31. The molecule has 0 aliphatic carbocycles. The number of phenols is 1. The zero-order valence-corrected chi connectivity index (χ0v) is 14.3. The summed E-state index contributed by atoms with van der Waals surface area (Å²) in [5.41, 5.74) is 7.37. The quantitative estimate of drug-likeness (QED) is 0.467. The number of aromatic hydroxyl groups is 1. The van der Waals surface area contributed by atoms with Gasteiger partial charge in [-0.25, -0.2) is 0 Å². The molecule has 0 amide bonds.